The van der Waals surface area contributed by atoms with Crippen LogP contribution in [0.2, 0.25) is 12.1 Å². The molecule has 1 unspecified atom stereocenters. The van der Waals surface area contributed by atoms with Crippen LogP contribution in [0.4, 0.5) is 0 Å². The van der Waals surface area contributed by atoms with Crippen molar-refractivity contribution in [3.8, 4) is 0 Å². The molecule has 4 heteroatoms. The first kappa shape index (κ1) is 25.7. The highest BCUT2D eigenvalue weighted by Crippen LogP contribution is 2.41. The van der Waals surface area contributed by atoms with E-state index in [4.69, 9.17) is 9.31 Å². The van der Waals surface area contributed by atoms with Crippen molar-refractivity contribution in [2.24, 2.45) is 0 Å². The molecule has 3 aromatic carbocycles. The molecule has 182 valence electrons. The summed E-state index contributed by atoms with van der Waals surface area (Å²) in [7, 11) is -2.51. The maximum absolute atomic E-state index is 6.41. The van der Waals surface area contributed by atoms with E-state index in [0.717, 1.165) is 24.7 Å². The number of rotatable bonds is 9. The highest BCUT2D eigenvalue weighted by atomic mass is 28.3. The van der Waals surface area contributed by atoms with Gasteiger partial charge in [0.25, 0.3) is 0 Å². The molecule has 3 aromatic rings. The first-order chi connectivity index (χ1) is 16.6. The molecule has 0 N–H and O–H groups in total. The molecule has 0 radical (unpaired) electrons. The van der Waals surface area contributed by atoms with Gasteiger partial charge in [0, 0.05) is 0 Å². The van der Waals surface area contributed by atoms with Crippen molar-refractivity contribution in [2.75, 3.05) is 0 Å². The summed E-state index contributed by atoms with van der Waals surface area (Å²) in [4.78, 5) is 0. The molecule has 1 aliphatic heterocycles. The van der Waals surface area contributed by atoms with Gasteiger partial charge in [0.05, 0.1) is 11.2 Å². The monoisotopic (exact) mass is 482 g/mol. The molecule has 1 fully saturated rings. The molecule has 1 atom stereocenters. The van der Waals surface area contributed by atoms with E-state index in [1.54, 1.807) is 0 Å². The number of hydrogen-bond acceptors (Lipinski definition) is 2. The molecule has 0 aromatic heterocycles. The van der Waals surface area contributed by atoms with Crippen LogP contribution in [0.1, 0.15) is 46.1 Å². The van der Waals surface area contributed by atoms with Crippen LogP contribution in [0, 0.1) is 0 Å². The zero-order chi connectivity index (χ0) is 25.1. The topological polar surface area (TPSA) is 18.5 Å². The molecule has 0 spiro atoms. The molecule has 2 nitrogen and oxygen atoms in total. The SMILES string of the molecule is C=C(CC(CCc1ccccc1)[Si](C)(c1ccccc1)c1ccccc1)B1OC(C)(C)C(C)(C)O1. The van der Waals surface area contributed by atoms with Crippen molar-refractivity contribution in [3.63, 3.8) is 0 Å². The minimum absolute atomic E-state index is 0.361. The van der Waals surface area contributed by atoms with Gasteiger partial charge in [-0.1, -0.05) is 108 Å². The second-order valence-corrected chi connectivity index (χ2v) is 15.5. The fourth-order valence-electron chi connectivity index (χ4n) is 5.21. The fraction of sp³-hybridized carbons (Fsp3) is 0.355. The van der Waals surface area contributed by atoms with Gasteiger partial charge in [0.15, 0.2) is 0 Å². The van der Waals surface area contributed by atoms with E-state index >= 15 is 0 Å². The van der Waals surface area contributed by atoms with E-state index in [1.807, 2.05) is 0 Å². The largest absolute Gasteiger partial charge is 0.489 e. The van der Waals surface area contributed by atoms with Crippen molar-refractivity contribution in [1.29, 1.82) is 0 Å². The molecule has 0 amide bonds. The minimum atomic E-state index is -2.14. The van der Waals surface area contributed by atoms with Crippen molar-refractivity contribution < 1.29 is 9.31 Å². The zero-order valence-corrected chi connectivity index (χ0v) is 23.0. The number of allylic oxidation sites excluding steroid dienone is 1. The third-order valence-electron chi connectivity index (χ3n) is 8.28. The number of aryl methyl sites for hydroxylation is 1. The summed E-state index contributed by atoms with van der Waals surface area (Å²) < 4.78 is 12.8. The van der Waals surface area contributed by atoms with Crippen LogP contribution < -0.4 is 10.4 Å². The Labute approximate surface area is 213 Å². The van der Waals surface area contributed by atoms with Crippen molar-refractivity contribution in [1.82, 2.24) is 0 Å². The lowest BCUT2D eigenvalue weighted by Gasteiger charge is -2.38. The first-order valence-electron chi connectivity index (χ1n) is 12.8. The van der Waals surface area contributed by atoms with Crippen LogP contribution in [0.3, 0.4) is 0 Å². The summed E-state index contributed by atoms with van der Waals surface area (Å²) in [6, 6.07) is 33.1. The summed E-state index contributed by atoms with van der Waals surface area (Å²) in [5.41, 5.74) is 2.15. The standard InChI is InChI=1S/C31H39BO2Si/c1-25(32-33-30(2,3)31(4,5)34-32)24-29(23-22-26-16-10-7-11-17-26)35(6,27-18-12-8-13-19-27)28-20-14-9-15-21-28/h7-21,29H,1,22-24H2,2-6H3. The van der Waals surface area contributed by atoms with E-state index in [0.29, 0.717) is 5.54 Å². The Balaban J connectivity index is 1.70. The Morgan fingerprint density at radius 1 is 0.771 bits per heavy atom. The number of benzene rings is 3. The van der Waals surface area contributed by atoms with Crippen molar-refractivity contribution >= 4 is 25.6 Å². The van der Waals surface area contributed by atoms with Gasteiger partial charge in [0.2, 0.25) is 0 Å². The minimum Gasteiger partial charge on any atom is -0.400 e. The second-order valence-electron chi connectivity index (χ2n) is 11.1. The van der Waals surface area contributed by atoms with Gasteiger partial charge in [-0.25, -0.2) is 0 Å². The lowest BCUT2D eigenvalue weighted by Crippen LogP contribution is -2.59. The summed E-state index contributed by atoms with van der Waals surface area (Å²) in [6.45, 7) is 15.5. The maximum Gasteiger partial charge on any atom is 0.489 e. The van der Waals surface area contributed by atoms with Crippen LogP contribution in [0.15, 0.2) is 103 Å². The van der Waals surface area contributed by atoms with Gasteiger partial charge < -0.3 is 9.31 Å². The van der Waals surface area contributed by atoms with E-state index < -0.39 is 8.07 Å². The highest BCUT2D eigenvalue weighted by molar-refractivity contribution is 7.02. The van der Waals surface area contributed by atoms with Gasteiger partial charge in [0.1, 0.15) is 8.07 Å². The summed E-state index contributed by atoms with van der Waals surface area (Å²) >= 11 is 0. The fourth-order valence-corrected chi connectivity index (χ4v) is 9.65. The quantitative estimate of drug-likeness (QED) is 0.326. The van der Waals surface area contributed by atoms with Gasteiger partial charge in [-0.15, -0.1) is 6.58 Å². The van der Waals surface area contributed by atoms with Crippen LogP contribution >= 0.6 is 0 Å². The molecular weight excluding hydrogens is 443 g/mol. The molecule has 1 saturated heterocycles. The third-order valence-corrected chi connectivity index (χ3v) is 13.5. The Morgan fingerprint density at radius 2 is 1.20 bits per heavy atom. The zero-order valence-electron chi connectivity index (χ0n) is 22.0. The predicted octanol–water partition coefficient (Wildman–Crippen LogP) is 6.46. The third kappa shape index (κ3) is 5.40. The van der Waals surface area contributed by atoms with Crippen LogP contribution in [-0.4, -0.2) is 26.4 Å². The van der Waals surface area contributed by atoms with Crippen molar-refractivity contribution in [3.05, 3.63) is 109 Å². The lowest BCUT2D eigenvalue weighted by molar-refractivity contribution is 0.00578. The van der Waals surface area contributed by atoms with Crippen LogP contribution in [-0.2, 0) is 15.7 Å². The molecule has 0 saturated carbocycles. The van der Waals surface area contributed by atoms with E-state index in [2.05, 4.69) is 132 Å². The van der Waals surface area contributed by atoms with Gasteiger partial charge in [-0.05, 0) is 63.5 Å². The number of hydrogen-bond donors (Lipinski definition) is 0. The molecule has 1 aliphatic rings. The summed E-state index contributed by atoms with van der Waals surface area (Å²) in [5, 5.41) is 2.93. The molecule has 4 rings (SSSR count). The Kier molecular flexibility index (Phi) is 7.56. The average Bonchev–Trinajstić information content (AvgIpc) is 3.09. The van der Waals surface area contributed by atoms with Crippen LogP contribution in [0.5, 0.6) is 0 Å². The van der Waals surface area contributed by atoms with Gasteiger partial charge in [-0.2, -0.15) is 0 Å². The maximum atomic E-state index is 6.41. The Hall–Kier alpha value is -2.40. The normalized spacial score (nSPS) is 17.8. The second kappa shape index (κ2) is 10.3. The Morgan fingerprint density at radius 3 is 1.66 bits per heavy atom. The molecule has 0 bridgehead atoms. The molecular formula is C31H39BO2Si. The Bertz CT molecular complexity index is 1060. The highest BCUT2D eigenvalue weighted by Gasteiger charge is 2.52. The van der Waals surface area contributed by atoms with Crippen molar-refractivity contribution in [2.45, 2.75) is 70.2 Å². The van der Waals surface area contributed by atoms with Crippen LogP contribution in [0.25, 0.3) is 0 Å². The van der Waals surface area contributed by atoms with Gasteiger partial charge >= 0.3 is 7.12 Å². The predicted molar refractivity (Wildman–Crippen MR) is 152 cm³/mol. The van der Waals surface area contributed by atoms with E-state index in [1.165, 1.54) is 15.9 Å². The molecule has 1 heterocycles. The van der Waals surface area contributed by atoms with E-state index in [-0.39, 0.29) is 18.3 Å². The smallest absolute Gasteiger partial charge is 0.400 e. The van der Waals surface area contributed by atoms with Gasteiger partial charge in [-0.3, -0.25) is 0 Å². The lowest BCUT2D eigenvalue weighted by atomic mass is 9.76. The molecule has 0 aliphatic carbocycles. The summed E-state index contributed by atoms with van der Waals surface area (Å²) in [5.74, 6) is 0. The molecule has 35 heavy (non-hydrogen) atoms. The average molecular weight is 483 g/mol. The van der Waals surface area contributed by atoms with E-state index in [9.17, 15) is 0 Å². The first-order valence-corrected chi connectivity index (χ1v) is 15.4. The summed E-state index contributed by atoms with van der Waals surface area (Å²) in [6.07, 6.45) is 3.02.